The highest BCUT2D eigenvalue weighted by Crippen LogP contribution is 2.36. The van der Waals surface area contributed by atoms with Crippen molar-refractivity contribution in [1.82, 2.24) is 4.98 Å². The molecule has 0 radical (unpaired) electrons. The van der Waals surface area contributed by atoms with Crippen molar-refractivity contribution in [3.05, 3.63) is 40.9 Å². The van der Waals surface area contributed by atoms with Gasteiger partial charge in [-0.05, 0) is 49.9 Å². The van der Waals surface area contributed by atoms with Crippen molar-refractivity contribution in [3.8, 4) is 6.07 Å². The van der Waals surface area contributed by atoms with Crippen LogP contribution in [0.25, 0.3) is 0 Å². The highest BCUT2D eigenvalue weighted by molar-refractivity contribution is 7.15. The van der Waals surface area contributed by atoms with Crippen LogP contribution in [0, 0.1) is 24.2 Å². The van der Waals surface area contributed by atoms with Crippen LogP contribution in [0.4, 0.5) is 10.8 Å². The van der Waals surface area contributed by atoms with Crippen molar-refractivity contribution < 1.29 is 0 Å². The lowest BCUT2D eigenvalue weighted by Crippen LogP contribution is -2.19. The number of aromatic nitrogens is 1. The van der Waals surface area contributed by atoms with Gasteiger partial charge >= 0.3 is 0 Å². The van der Waals surface area contributed by atoms with E-state index < -0.39 is 0 Å². The molecule has 1 aliphatic carbocycles. The largest absolute Gasteiger partial charge is 0.318 e. The van der Waals surface area contributed by atoms with Gasteiger partial charge in [-0.25, -0.2) is 4.98 Å². The molecular weight excluding hydrogens is 254 g/mol. The Labute approximate surface area is 117 Å². The van der Waals surface area contributed by atoms with Gasteiger partial charge in [-0.1, -0.05) is 0 Å². The fraction of sp³-hybridized carbons (Fsp3) is 0.333. The molecule has 1 fully saturated rings. The fourth-order valence-electron chi connectivity index (χ4n) is 2.04. The molecule has 1 aromatic heterocycles. The maximum Gasteiger partial charge on any atom is 0.190 e. The van der Waals surface area contributed by atoms with Crippen molar-refractivity contribution in [2.75, 3.05) is 11.4 Å². The van der Waals surface area contributed by atoms with E-state index in [1.54, 1.807) is 11.3 Å². The van der Waals surface area contributed by atoms with Crippen molar-refractivity contribution in [1.29, 1.82) is 5.26 Å². The first-order valence-corrected chi connectivity index (χ1v) is 7.28. The number of benzene rings is 1. The first kappa shape index (κ1) is 12.2. The molecule has 0 spiro atoms. The van der Waals surface area contributed by atoms with E-state index in [0.29, 0.717) is 5.56 Å². The number of thiazole rings is 1. The summed E-state index contributed by atoms with van der Waals surface area (Å²) in [6.45, 7) is 3.11. The number of anilines is 2. The van der Waals surface area contributed by atoms with Crippen molar-refractivity contribution in [2.24, 2.45) is 5.92 Å². The van der Waals surface area contributed by atoms with Crippen LogP contribution in [0.5, 0.6) is 0 Å². The van der Waals surface area contributed by atoms with Crippen LogP contribution < -0.4 is 4.90 Å². The molecule has 0 saturated heterocycles. The molecule has 2 aromatic rings. The zero-order chi connectivity index (χ0) is 13.2. The van der Waals surface area contributed by atoms with Crippen LogP contribution in [-0.2, 0) is 0 Å². The molecule has 0 amide bonds. The molecule has 0 atom stereocenters. The molecule has 1 heterocycles. The van der Waals surface area contributed by atoms with Gasteiger partial charge in [0.15, 0.2) is 5.13 Å². The zero-order valence-corrected chi connectivity index (χ0v) is 11.7. The standard InChI is InChI=1S/C15H15N3S/c1-11-9-17-15(19-11)18(10-13-2-3-13)14-6-4-12(8-16)5-7-14/h4-7,9,13H,2-3,10H2,1H3. The highest BCUT2D eigenvalue weighted by atomic mass is 32.1. The summed E-state index contributed by atoms with van der Waals surface area (Å²) < 4.78 is 0. The zero-order valence-electron chi connectivity index (χ0n) is 10.8. The second-order valence-corrected chi connectivity index (χ2v) is 6.18. The van der Waals surface area contributed by atoms with Gasteiger partial charge < -0.3 is 4.90 Å². The van der Waals surface area contributed by atoms with Crippen molar-refractivity contribution in [3.63, 3.8) is 0 Å². The van der Waals surface area contributed by atoms with E-state index in [2.05, 4.69) is 22.9 Å². The third-order valence-electron chi connectivity index (χ3n) is 3.29. The van der Waals surface area contributed by atoms with Crippen LogP contribution in [-0.4, -0.2) is 11.5 Å². The van der Waals surface area contributed by atoms with E-state index in [1.165, 1.54) is 17.7 Å². The SMILES string of the molecule is Cc1cnc(N(CC2CC2)c2ccc(C#N)cc2)s1. The first-order valence-electron chi connectivity index (χ1n) is 6.46. The van der Waals surface area contributed by atoms with Gasteiger partial charge in [-0.2, -0.15) is 5.26 Å². The lowest BCUT2D eigenvalue weighted by atomic mass is 10.2. The molecule has 3 nitrogen and oxygen atoms in total. The Hall–Kier alpha value is -1.86. The van der Waals surface area contributed by atoms with Gasteiger partial charge in [0.1, 0.15) is 0 Å². The highest BCUT2D eigenvalue weighted by Gasteiger charge is 2.26. The lowest BCUT2D eigenvalue weighted by Gasteiger charge is -2.21. The van der Waals surface area contributed by atoms with Gasteiger partial charge in [-0.15, -0.1) is 11.3 Å². The minimum absolute atomic E-state index is 0.699. The Balaban J connectivity index is 1.91. The monoisotopic (exact) mass is 269 g/mol. The Bertz CT molecular complexity index is 605. The molecule has 1 aliphatic rings. The second-order valence-electron chi connectivity index (χ2n) is 4.97. The molecule has 0 unspecified atom stereocenters. The number of hydrogen-bond acceptors (Lipinski definition) is 4. The number of nitriles is 1. The molecule has 4 heteroatoms. The number of nitrogens with zero attached hydrogens (tertiary/aromatic N) is 3. The number of rotatable bonds is 4. The van der Waals surface area contributed by atoms with E-state index in [1.807, 2.05) is 30.5 Å². The smallest absolute Gasteiger partial charge is 0.190 e. The molecule has 19 heavy (non-hydrogen) atoms. The Kier molecular flexibility index (Phi) is 3.22. The van der Waals surface area contributed by atoms with E-state index >= 15 is 0 Å². The molecule has 3 rings (SSSR count). The maximum absolute atomic E-state index is 8.87. The average Bonchev–Trinajstić information content (AvgIpc) is 3.17. The van der Waals surface area contributed by atoms with Crippen LogP contribution in [0.15, 0.2) is 30.5 Å². The summed E-state index contributed by atoms with van der Waals surface area (Å²) in [5, 5.41) is 9.92. The summed E-state index contributed by atoms with van der Waals surface area (Å²) in [6, 6.07) is 9.92. The van der Waals surface area contributed by atoms with Gasteiger partial charge in [0.2, 0.25) is 0 Å². The van der Waals surface area contributed by atoms with Crippen molar-refractivity contribution >= 4 is 22.2 Å². The summed E-state index contributed by atoms with van der Waals surface area (Å²) >= 11 is 1.72. The van der Waals surface area contributed by atoms with Gasteiger partial charge in [0, 0.05) is 23.3 Å². The molecule has 1 saturated carbocycles. The van der Waals surface area contributed by atoms with Gasteiger partial charge in [-0.3, -0.25) is 0 Å². The third-order valence-corrected chi connectivity index (χ3v) is 4.22. The topological polar surface area (TPSA) is 39.9 Å². The minimum atomic E-state index is 0.699. The molecule has 0 aliphatic heterocycles. The average molecular weight is 269 g/mol. The fourth-order valence-corrected chi connectivity index (χ4v) is 2.83. The van der Waals surface area contributed by atoms with E-state index in [0.717, 1.165) is 23.3 Å². The van der Waals surface area contributed by atoms with E-state index in [9.17, 15) is 0 Å². The van der Waals surface area contributed by atoms with Crippen molar-refractivity contribution in [2.45, 2.75) is 19.8 Å². The lowest BCUT2D eigenvalue weighted by molar-refractivity contribution is 0.811. The molecule has 0 bridgehead atoms. The van der Waals surface area contributed by atoms with E-state index in [-0.39, 0.29) is 0 Å². The maximum atomic E-state index is 8.87. The number of aryl methyl sites for hydroxylation is 1. The summed E-state index contributed by atoms with van der Waals surface area (Å²) in [5.74, 6) is 0.792. The summed E-state index contributed by atoms with van der Waals surface area (Å²) in [4.78, 5) is 8.00. The molecular formula is C15H15N3S. The van der Waals surface area contributed by atoms with Crippen LogP contribution in [0.3, 0.4) is 0 Å². The third kappa shape index (κ3) is 2.77. The van der Waals surface area contributed by atoms with Crippen LogP contribution >= 0.6 is 11.3 Å². The minimum Gasteiger partial charge on any atom is -0.318 e. The Morgan fingerprint density at radius 3 is 2.63 bits per heavy atom. The predicted molar refractivity (Wildman–Crippen MR) is 77.7 cm³/mol. The van der Waals surface area contributed by atoms with Gasteiger partial charge in [0.25, 0.3) is 0 Å². The van der Waals surface area contributed by atoms with E-state index in [4.69, 9.17) is 5.26 Å². The molecule has 1 aromatic carbocycles. The first-order chi connectivity index (χ1) is 9.26. The molecule has 96 valence electrons. The van der Waals surface area contributed by atoms with Crippen LogP contribution in [0.1, 0.15) is 23.3 Å². The predicted octanol–water partition coefficient (Wildman–Crippen LogP) is 3.87. The van der Waals surface area contributed by atoms with Crippen LogP contribution in [0.2, 0.25) is 0 Å². The summed E-state index contributed by atoms with van der Waals surface area (Å²) in [6.07, 6.45) is 4.55. The summed E-state index contributed by atoms with van der Waals surface area (Å²) in [7, 11) is 0. The number of hydrogen-bond donors (Lipinski definition) is 0. The normalized spacial score (nSPS) is 14.1. The Morgan fingerprint density at radius 2 is 2.11 bits per heavy atom. The Morgan fingerprint density at radius 1 is 1.37 bits per heavy atom. The van der Waals surface area contributed by atoms with Gasteiger partial charge in [0.05, 0.1) is 11.6 Å². The quantitative estimate of drug-likeness (QED) is 0.846. The second kappa shape index (κ2) is 5.02. The molecule has 0 N–H and O–H groups in total. The summed E-state index contributed by atoms with van der Waals surface area (Å²) in [5.41, 5.74) is 1.82.